The first kappa shape index (κ1) is 27.1. The third-order valence-electron chi connectivity index (χ3n) is 5.95. The van der Waals surface area contributed by atoms with Crippen molar-refractivity contribution >= 4 is 42.2 Å². The summed E-state index contributed by atoms with van der Waals surface area (Å²) in [6.45, 7) is 0. The van der Waals surface area contributed by atoms with Crippen LogP contribution in [0, 0.1) is 11.9 Å². The van der Waals surface area contributed by atoms with Crippen LogP contribution in [0.4, 0.5) is 14.6 Å². The van der Waals surface area contributed by atoms with Crippen molar-refractivity contribution < 1.29 is 8.78 Å². The SMILES string of the molecule is Cl.Cl.Nc1ccc(-c2nc(F)c([C@H]3CCc4nc(-c5cc(Cl)ccc5-n5cnnn5)cc(=O)n43)[nH]2)c(F)n1. The molecule has 5 heterocycles. The first-order chi connectivity index (χ1) is 17.4. The number of nitrogens with one attached hydrogen (secondary N) is 1. The van der Waals surface area contributed by atoms with Gasteiger partial charge in [-0.05, 0) is 47.2 Å². The number of nitrogen functional groups attached to an aromatic ring is 1. The first-order valence-corrected chi connectivity index (χ1v) is 11.1. The molecule has 1 aromatic carbocycles. The van der Waals surface area contributed by atoms with Gasteiger partial charge in [0.2, 0.25) is 11.9 Å². The van der Waals surface area contributed by atoms with Gasteiger partial charge >= 0.3 is 0 Å². The average Bonchev–Trinajstić information content (AvgIpc) is 3.59. The van der Waals surface area contributed by atoms with E-state index in [4.69, 9.17) is 17.3 Å². The molecule has 4 aromatic heterocycles. The highest BCUT2D eigenvalue weighted by Crippen LogP contribution is 2.34. The fraction of sp³-hybridized carbons (Fsp3) is 0.136. The summed E-state index contributed by atoms with van der Waals surface area (Å²) >= 11 is 6.22. The summed E-state index contributed by atoms with van der Waals surface area (Å²) in [7, 11) is 0. The van der Waals surface area contributed by atoms with Crippen LogP contribution in [0.3, 0.4) is 0 Å². The molecule has 0 fully saturated rings. The summed E-state index contributed by atoms with van der Waals surface area (Å²) in [5.41, 5.74) is 6.62. The number of anilines is 1. The van der Waals surface area contributed by atoms with Crippen molar-refractivity contribution in [1.29, 1.82) is 0 Å². The number of aryl methyl sites for hydroxylation is 1. The molecule has 11 nitrogen and oxygen atoms in total. The fourth-order valence-electron chi connectivity index (χ4n) is 4.38. The number of imidazole rings is 1. The molecule has 0 amide bonds. The van der Waals surface area contributed by atoms with Gasteiger partial charge in [-0.25, -0.2) is 9.97 Å². The number of nitrogens with two attached hydrogens (primary N) is 1. The van der Waals surface area contributed by atoms with Gasteiger partial charge in [-0.1, -0.05) is 11.6 Å². The molecule has 0 saturated carbocycles. The molecule has 1 aliphatic heterocycles. The molecule has 5 aromatic rings. The predicted octanol–water partition coefficient (Wildman–Crippen LogP) is 3.56. The second kappa shape index (κ2) is 10.4. The summed E-state index contributed by atoms with van der Waals surface area (Å²) in [6.07, 6.45) is 2.21. The number of tetrazole rings is 1. The molecule has 3 N–H and O–H groups in total. The van der Waals surface area contributed by atoms with Crippen molar-refractivity contribution in [2.24, 2.45) is 0 Å². The Morgan fingerprint density at radius 3 is 2.58 bits per heavy atom. The van der Waals surface area contributed by atoms with Crippen LogP contribution in [-0.2, 0) is 6.42 Å². The lowest BCUT2D eigenvalue weighted by Crippen LogP contribution is -2.25. The lowest BCUT2D eigenvalue weighted by molar-refractivity contribution is 0.513. The summed E-state index contributed by atoms with van der Waals surface area (Å²) in [6, 6.07) is 8.46. The van der Waals surface area contributed by atoms with E-state index in [9.17, 15) is 13.6 Å². The van der Waals surface area contributed by atoms with Crippen molar-refractivity contribution in [2.45, 2.75) is 18.9 Å². The molecule has 16 heteroatoms. The highest BCUT2D eigenvalue weighted by Gasteiger charge is 2.31. The maximum Gasteiger partial charge on any atom is 0.254 e. The zero-order valence-electron chi connectivity index (χ0n) is 19.0. The average molecular weight is 582 g/mol. The molecule has 6 rings (SSSR count). The van der Waals surface area contributed by atoms with Crippen LogP contribution in [0.1, 0.15) is 24.0 Å². The van der Waals surface area contributed by atoms with Gasteiger partial charge < -0.3 is 10.7 Å². The van der Waals surface area contributed by atoms with Crippen LogP contribution in [0.15, 0.2) is 47.5 Å². The number of benzene rings is 1. The Kier molecular flexibility index (Phi) is 7.44. The van der Waals surface area contributed by atoms with Crippen LogP contribution in [0.5, 0.6) is 0 Å². The van der Waals surface area contributed by atoms with Gasteiger partial charge in [0.25, 0.3) is 5.56 Å². The Morgan fingerprint density at radius 2 is 1.84 bits per heavy atom. The van der Waals surface area contributed by atoms with Crippen molar-refractivity contribution in [3.8, 4) is 28.3 Å². The molecule has 38 heavy (non-hydrogen) atoms. The Hall–Kier alpha value is -3.94. The second-order valence-electron chi connectivity index (χ2n) is 8.10. The number of fused-ring (bicyclic) bond motifs is 1. The lowest BCUT2D eigenvalue weighted by Gasteiger charge is -2.14. The number of hydrogen-bond acceptors (Lipinski definition) is 8. The molecule has 0 bridgehead atoms. The third kappa shape index (κ3) is 4.59. The standard InChI is InChI=1S/C22H15ClF2N10O.2ClH/c23-10-1-3-14(34-9-27-32-33-34)12(7-10)13-8-18(36)35-15(4-6-17(35)28-13)19-21(25)31-22(30-19)11-2-5-16(26)29-20(11)24;;/h1-3,5,7-9,15H,4,6H2,(H2,26,29)(H,30,31);2*1H/t15-;;/m1../s1. The minimum atomic E-state index is -0.884. The molecule has 1 aliphatic rings. The van der Waals surface area contributed by atoms with Crippen LogP contribution < -0.4 is 11.3 Å². The van der Waals surface area contributed by atoms with E-state index in [1.54, 1.807) is 18.2 Å². The summed E-state index contributed by atoms with van der Waals surface area (Å²) in [4.78, 5) is 28.1. The Morgan fingerprint density at radius 1 is 1.03 bits per heavy atom. The number of nitrogens with zero attached hydrogens (tertiary/aromatic N) is 8. The summed E-state index contributed by atoms with van der Waals surface area (Å²) in [5, 5.41) is 11.7. The van der Waals surface area contributed by atoms with Gasteiger partial charge in [0, 0.05) is 23.1 Å². The van der Waals surface area contributed by atoms with Crippen molar-refractivity contribution in [3.05, 3.63) is 81.5 Å². The van der Waals surface area contributed by atoms with Gasteiger partial charge in [-0.3, -0.25) is 9.36 Å². The van der Waals surface area contributed by atoms with Gasteiger partial charge in [0.05, 0.1) is 28.7 Å². The van der Waals surface area contributed by atoms with E-state index in [0.29, 0.717) is 40.6 Å². The second-order valence-corrected chi connectivity index (χ2v) is 8.54. The van der Waals surface area contributed by atoms with Gasteiger partial charge in [-0.2, -0.15) is 18.4 Å². The quantitative estimate of drug-likeness (QED) is 0.306. The van der Waals surface area contributed by atoms with Crippen molar-refractivity contribution in [3.63, 3.8) is 0 Å². The number of aromatic amines is 1. The molecular weight excluding hydrogens is 565 g/mol. The monoisotopic (exact) mass is 580 g/mol. The summed E-state index contributed by atoms with van der Waals surface area (Å²) in [5.74, 6) is -1.33. The number of halogens is 5. The van der Waals surface area contributed by atoms with E-state index >= 15 is 0 Å². The lowest BCUT2D eigenvalue weighted by atomic mass is 10.1. The molecule has 0 radical (unpaired) electrons. The smallest absolute Gasteiger partial charge is 0.254 e. The topological polar surface area (TPSA) is 146 Å². The maximum atomic E-state index is 14.9. The van der Waals surface area contributed by atoms with Crippen LogP contribution in [0.2, 0.25) is 5.02 Å². The van der Waals surface area contributed by atoms with Crippen molar-refractivity contribution in [1.82, 2.24) is 44.7 Å². The molecule has 0 unspecified atom stereocenters. The molecule has 196 valence electrons. The van der Waals surface area contributed by atoms with E-state index in [0.717, 1.165) is 0 Å². The first-order valence-electron chi connectivity index (χ1n) is 10.7. The maximum absolute atomic E-state index is 14.9. The fourth-order valence-corrected chi connectivity index (χ4v) is 4.55. The number of H-pyrrole nitrogens is 1. The van der Waals surface area contributed by atoms with Gasteiger partial charge in [-0.15, -0.1) is 29.9 Å². The number of rotatable bonds is 4. The number of aromatic nitrogens is 9. The minimum Gasteiger partial charge on any atom is -0.384 e. The molecule has 1 atom stereocenters. The minimum absolute atomic E-state index is 0. The van der Waals surface area contributed by atoms with Gasteiger partial charge in [0.1, 0.15) is 23.8 Å². The van der Waals surface area contributed by atoms with E-state index in [1.165, 1.54) is 33.8 Å². The van der Waals surface area contributed by atoms with E-state index in [-0.39, 0.29) is 47.7 Å². The third-order valence-corrected chi connectivity index (χ3v) is 6.19. The predicted molar refractivity (Wildman–Crippen MR) is 139 cm³/mol. The van der Waals surface area contributed by atoms with Crippen LogP contribution in [0.25, 0.3) is 28.3 Å². The highest BCUT2D eigenvalue weighted by molar-refractivity contribution is 6.31. The number of hydrogen-bond donors (Lipinski definition) is 2. The van der Waals surface area contributed by atoms with Crippen LogP contribution >= 0.6 is 36.4 Å². The molecule has 0 spiro atoms. The largest absolute Gasteiger partial charge is 0.384 e. The van der Waals surface area contributed by atoms with Gasteiger partial charge in [0.15, 0.2) is 0 Å². The highest BCUT2D eigenvalue weighted by atomic mass is 35.5. The van der Waals surface area contributed by atoms with E-state index in [2.05, 4.69) is 35.5 Å². The van der Waals surface area contributed by atoms with E-state index < -0.39 is 23.5 Å². The van der Waals surface area contributed by atoms with Crippen LogP contribution in [-0.4, -0.2) is 44.7 Å². The Balaban J connectivity index is 0.00000168. The Bertz CT molecular complexity index is 1690. The Labute approximate surface area is 229 Å². The zero-order valence-corrected chi connectivity index (χ0v) is 21.4. The molecular formula is C22H17Cl3F2N10O. The summed E-state index contributed by atoms with van der Waals surface area (Å²) < 4.78 is 32.0. The normalized spacial score (nSPS) is 14.0. The molecule has 0 saturated heterocycles. The number of pyridine rings is 1. The molecule has 0 aliphatic carbocycles. The zero-order chi connectivity index (χ0) is 25.0. The van der Waals surface area contributed by atoms with E-state index in [1.807, 2.05) is 0 Å². The van der Waals surface area contributed by atoms with Crippen molar-refractivity contribution in [2.75, 3.05) is 5.73 Å².